The van der Waals surface area contributed by atoms with Crippen molar-refractivity contribution in [2.75, 3.05) is 6.26 Å². The van der Waals surface area contributed by atoms with E-state index in [0.29, 0.717) is 0 Å². The first-order valence-electron chi connectivity index (χ1n) is 10.1. The zero-order chi connectivity index (χ0) is 19.8. The fourth-order valence-electron chi connectivity index (χ4n) is 5.05. The molecule has 5 aromatic carbocycles. The highest BCUT2D eigenvalue weighted by molar-refractivity contribution is 7.97. The van der Waals surface area contributed by atoms with E-state index in [1.54, 1.807) is 11.9 Å². The van der Waals surface area contributed by atoms with E-state index in [1.807, 2.05) is 11.3 Å². The molecule has 0 saturated heterocycles. The summed E-state index contributed by atoms with van der Waals surface area (Å²) in [6.45, 7) is 0. The van der Waals surface area contributed by atoms with Crippen LogP contribution in [-0.2, 0) is 0 Å². The van der Waals surface area contributed by atoms with Gasteiger partial charge in [0, 0.05) is 42.6 Å². The van der Waals surface area contributed by atoms with Gasteiger partial charge in [0.05, 0.1) is 11.0 Å². The lowest BCUT2D eigenvalue weighted by Gasteiger charge is -2.10. The molecule has 1 nitrogen and oxygen atoms in total. The van der Waals surface area contributed by atoms with Crippen LogP contribution < -0.4 is 0 Å². The quantitative estimate of drug-likeness (QED) is 0.241. The molecule has 0 atom stereocenters. The van der Waals surface area contributed by atoms with Crippen LogP contribution in [0.3, 0.4) is 0 Å². The molecule has 7 aromatic rings. The van der Waals surface area contributed by atoms with Gasteiger partial charge in [-0.3, -0.25) is 3.97 Å². The van der Waals surface area contributed by atoms with Crippen LogP contribution in [0.15, 0.2) is 84.9 Å². The molecule has 142 valence electrons. The molecule has 0 N–H and O–H groups in total. The van der Waals surface area contributed by atoms with E-state index in [9.17, 15) is 0 Å². The summed E-state index contributed by atoms with van der Waals surface area (Å²) < 4.78 is 5.11. The maximum Gasteiger partial charge on any atom is 0.0683 e. The van der Waals surface area contributed by atoms with Crippen molar-refractivity contribution in [3.8, 4) is 0 Å². The van der Waals surface area contributed by atoms with Crippen LogP contribution in [0.25, 0.3) is 63.5 Å². The molecule has 0 unspecified atom stereocenters. The molecule has 0 bridgehead atoms. The lowest BCUT2D eigenvalue weighted by molar-refractivity contribution is 1.44. The lowest BCUT2D eigenvalue weighted by Crippen LogP contribution is -1.87. The van der Waals surface area contributed by atoms with E-state index in [2.05, 4.69) is 95.2 Å². The molecule has 0 fully saturated rings. The summed E-state index contributed by atoms with van der Waals surface area (Å²) >= 11 is 3.67. The van der Waals surface area contributed by atoms with Gasteiger partial charge in [-0.15, -0.1) is 11.3 Å². The first-order valence-corrected chi connectivity index (χ1v) is 12.1. The van der Waals surface area contributed by atoms with Gasteiger partial charge >= 0.3 is 0 Å². The molecule has 0 aliphatic heterocycles. The Balaban J connectivity index is 1.78. The fraction of sp³-hybridized carbons (Fsp3) is 0.0370. The zero-order valence-electron chi connectivity index (χ0n) is 16.3. The number of hydrogen-bond acceptors (Lipinski definition) is 2. The number of thiophene rings is 1. The highest BCUT2D eigenvalue weighted by Crippen LogP contribution is 2.43. The van der Waals surface area contributed by atoms with Gasteiger partial charge in [-0.2, -0.15) is 0 Å². The minimum atomic E-state index is 1.28. The molecule has 7 rings (SSSR count). The van der Waals surface area contributed by atoms with Crippen LogP contribution in [0.1, 0.15) is 0 Å². The first kappa shape index (κ1) is 16.8. The van der Waals surface area contributed by atoms with Crippen molar-refractivity contribution in [1.29, 1.82) is 0 Å². The zero-order valence-corrected chi connectivity index (χ0v) is 18.0. The van der Waals surface area contributed by atoms with Crippen LogP contribution in [0.2, 0.25) is 0 Å². The molecule has 3 heteroatoms. The van der Waals surface area contributed by atoms with Crippen molar-refractivity contribution in [2.45, 2.75) is 0 Å². The second kappa shape index (κ2) is 6.00. The third kappa shape index (κ3) is 2.04. The average molecular weight is 420 g/mol. The maximum atomic E-state index is 2.39. The van der Waals surface area contributed by atoms with Crippen LogP contribution in [-0.4, -0.2) is 10.2 Å². The second-order valence-corrected chi connectivity index (χ2v) is 9.57. The summed E-state index contributed by atoms with van der Waals surface area (Å²) in [6, 6.07) is 31.4. The number of para-hydroxylation sites is 1. The Morgan fingerprint density at radius 2 is 1.30 bits per heavy atom. The number of aromatic nitrogens is 1. The number of hydrogen-bond donors (Lipinski definition) is 0. The Labute approximate surface area is 181 Å². The summed E-state index contributed by atoms with van der Waals surface area (Å²) in [5.74, 6) is 0. The van der Waals surface area contributed by atoms with Gasteiger partial charge in [-0.1, -0.05) is 66.7 Å². The molecule has 2 heterocycles. The highest BCUT2D eigenvalue weighted by Gasteiger charge is 2.16. The fourth-order valence-corrected chi connectivity index (χ4v) is 6.90. The van der Waals surface area contributed by atoms with E-state index >= 15 is 0 Å². The molecule has 0 aliphatic carbocycles. The van der Waals surface area contributed by atoms with E-state index < -0.39 is 0 Å². The lowest BCUT2D eigenvalue weighted by atomic mass is 9.96. The highest BCUT2D eigenvalue weighted by atomic mass is 32.2. The third-order valence-electron chi connectivity index (χ3n) is 6.29. The molecular formula is C27H17NS2. The summed E-state index contributed by atoms with van der Waals surface area (Å²) in [7, 11) is 0. The topological polar surface area (TPSA) is 4.93 Å². The van der Waals surface area contributed by atoms with Gasteiger partial charge in [0.1, 0.15) is 0 Å². The molecule has 0 saturated carbocycles. The monoisotopic (exact) mass is 419 g/mol. The number of nitrogens with zero attached hydrogens (tertiary/aromatic N) is 1. The second-order valence-electron chi connectivity index (χ2n) is 7.75. The molecule has 0 amide bonds. The standard InChI is InChI=1S/C27H17NS2/c1-29-28-22-8-4-2-6-17(22)19-14-13-18-20(27(19)28)12-10-16-11-15-24-26(25(16)18)21-7-3-5-9-23(21)30-24/h2-15H,1H3. The number of fused-ring (bicyclic) bond motifs is 11. The van der Waals surface area contributed by atoms with Crippen molar-refractivity contribution in [2.24, 2.45) is 0 Å². The van der Waals surface area contributed by atoms with Gasteiger partial charge in [-0.25, -0.2) is 0 Å². The minimum Gasteiger partial charge on any atom is -0.283 e. The van der Waals surface area contributed by atoms with Crippen molar-refractivity contribution >= 4 is 86.8 Å². The summed E-state index contributed by atoms with van der Waals surface area (Å²) in [5.41, 5.74) is 2.60. The third-order valence-corrected chi connectivity index (χ3v) is 8.17. The predicted octanol–water partition coefficient (Wildman–Crippen LogP) is 8.59. The Bertz CT molecular complexity index is 1790. The van der Waals surface area contributed by atoms with Crippen molar-refractivity contribution < 1.29 is 0 Å². The maximum absolute atomic E-state index is 2.39. The molecule has 2 aromatic heterocycles. The molecule has 30 heavy (non-hydrogen) atoms. The van der Waals surface area contributed by atoms with Crippen LogP contribution in [0.4, 0.5) is 0 Å². The van der Waals surface area contributed by atoms with E-state index in [0.717, 1.165) is 0 Å². The van der Waals surface area contributed by atoms with E-state index in [4.69, 9.17) is 0 Å². The average Bonchev–Trinajstić information content (AvgIpc) is 3.34. The van der Waals surface area contributed by atoms with Gasteiger partial charge in [0.15, 0.2) is 0 Å². The number of rotatable bonds is 1. The number of benzene rings is 5. The van der Waals surface area contributed by atoms with E-state index in [-0.39, 0.29) is 0 Å². The van der Waals surface area contributed by atoms with E-state index in [1.165, 1.54) is 63.5 Å². The Morgan fingerprint density at radius 1 is 0.600 bits per heavy atom. The Morgan fingerprint density at radius 3 is 2.20 bits per heavy atom. The van der Waals surface area contributed by atoms with Gasteiger partial charge in [-0.05, 0) is 46.3 Å². The smallest absolute Gasteiger partial charge is 0.0683 e. The normalized spacial score (nSPS) is 12.3. The van der Waals surface area contributed by atoms with Crippen molar-refractivity contribution in [3.63, 3.8) is 0 Å². The molecule has 0 radical (unpaired) electrons. The van der Waals surface area contributed by atoms with Gasteiger partial charge in [0.2, 0.25) is 0 Å². The first-order chi connectivity index (χ1) is 14.8. The predicted molar refractivity (Wildman–Crippen MR) is 136 cm³/mol. The Kier molecular flexibility index (Phi) is 3.35. The molecule has 0 aliphatic rings. The summed E-state index contributed by atoms with van der Waals surface area (Å²) in [5, 5.41) is 10.8. The summed E-state index contributed by atoms with van der Waals surface area (Å²) in [6.07, 6.45) is 2.16. The SMILES string of the molecule is CSn1c2ccccc2c2ccc3c(ccc4ccc5sc6ccccc6c5c43)c21. The molecular weight excluding hydrogens is 402 g/mol. The van der Waals surface area contributed by atoms with Gasteiger partial charge < -0.3 is 0 Å². The summed E-state index contributed by atoms with van der Waals surface area (Å²) in [4.78, 5) is 0. The van der Waals surface area contributed by atoms with Crippen molar-refractivity contribution in [1.82, 2.24) is 3.97 Å². The van der Waals surface area contributed by atoms with Crippen LogP contribution >= 0.6 is 23.3 Å². The van der Waals surface area contributed by atoms with Crippen LogP contribution in [0.5, 0.6) is 0 Å². The molecule has 0 spiro atoms. The van der Waals surface area contributed by atoms with Crippen LogP contribution in [0, 0.1) is 0 Å². The largest absolute Gasteiger partial charge is 0.283 e. The van der Waals surface area contributed by atoms with Crippen molar-refractivity contribution in [3.05, 3.63) is 84.9 Å². The minimum absolute atomic E-state index is 1.28. The van der Waals surface area contributed by atoms with Gasteiger partial charge in [0.25, 0.3) is 0 Å². The Hall–Kier alpha value is -3.01.